The zero-order valence-corrected chi connectivity index (χ0v) is 8.34. The first-order chi connectivity index (χ1) is 7.31. The minimum absolute atomic E-state index is 0.431. The molecule has 0 saturated carbocycles. The third kappa shape index (κ3) is 2.02. The molecule has 1 atom stereocenters. The van der Waals surface area contributed by atoms with Gasteiger partial charge in [-0.25, -0.2) is 0 Å². The summed E-state index contributed by atoms with van der Waals surface area (Å²) in [5.74, 6) is 1.17. The van der Waals surface area contributed by atoms with Crippen molar-refractivity contribution in [2.75, 3.05) is 7.11 Å². The highest BCUT2D eigenvalue weighted by Crippen LogP contribution is 2.21. The SMILES string of the molecule is COc1ccc(C([O-])c2ccco2)cc1. The van der Waals surface area contributed by atoms with Gasteiger partial charge in [0, 0.05) is 0 Å². The highest BCUT2D eigenvalue weighted by molar-refractivity contribution is 5.31. The molecule has 1 unspecified atom stereocenters. The lowest BCUT2D eigenvalue weighted by Crippen LogP contribution is -2.15. The van der Waals surface area contributed by atoms with Gasteiger partial charge in [-0.1, -0.05) is 17.7 Å². The van der Waals surface area contributed by atoms with Crippen LogP contribution < -0.4 is 9.84 Å². The molecule has 0 bridgehead atoms. The lowest BCUT2D eigenvalue weighted by Gasteiger charge is -2.20. The predicted molar refractivity (Wildman–Crippen MR) is 53.5 cm³/mol. The van der Waals surface area contributed by atoms with Crippen LogP contribution in [0.3, 0.4) is 0 Å². The van der Waals surface area contributed by atoms with Crippen LogP contribution in [0.15, 0.2) is 47.1 Å². The monoisotopic (exact) mass is 203 g/mol. The molecule has 0 aliphatic rings. The third-order valence-electron chi connectivity index (χ3n) is 2.22. The average Bonchev–Trinajstić information content (AvgIpc) is 2.82. The van der Waals surface area contributed by atoms with Gasteiger partial charge in [0.2, 0.25) is 0 Å². The van der Waals surface area contributed by atoms with E-state index < -0.39 is 6.10 Å². The Labute approximate surface area is 87.9 Å². The molecule has 0 aliphatic heterocycles. The molecule has 15 heavy (non-hydrogen) atoms. The Morgan fingerprint density at radius 1 is 1.20 bits per heavy atom. The summed E-state index contributed by atoms with van der Waals surface area (Å²) in [5, 5.41) is 11.9. The van der Waals surface area contributed by atoms with E-state index in [4.69, 9.17) is 9.15 Å². The summed E-state index contributed by atoms with van der Waals surface area (Å²) in [5.41, 5.74) is 0.672. The predicted octanol–water partition coefficient (Wildman–Crippen LogP) is 1.74. The minimum Gasteiger partial charge on any atom is -0.843 e. The van der Waals surface area contributed by atoms with Crippen LogP contribution in [-0.4, -0.2) is 7.11 Å². The lowest BCUT2D eigenvalue weighted by molar-refractivity contribution is -0.415. The quantitative estimate of drug-likeness (QED) is 0.763. The van der Waals surface area contributed by atoms with E-state index in [1.54, 1.807) is 43.5 Å². The maximum Gasteiger partial charge on any atom is 0.118 e. The minimum atomic E-state index is -0.967. The smallest absolute Gasteiger partial charge is 0.118 e. The van der Waals surface area contributed by atoms with Crippen LogP contribution in [0.2, 0.25) is 0 Å². The van der Waals surface area contributed by atoms with Crippen LogP contribution in [0.25, 0.3) is 0 Å². The van der Waals surface area contributed by atoms with Crippen molar-refractivity contribution in [1.82, 2.24) is 0 Å². The summed E-state index contributed by atoms with van der Waals surface area (Å²) < 4.78 is 10.1. The van der Waals surface area contributed by atoms with E-state index >= 15 is 0 Å². The molecule has 78 valence electrons. The van der Waals surface area contributed by atoms with Crippen molar-refractivity contribution in [2.45, 2.75) is 6.10 Å². The second-order valence-corrected chi connectivity index (χ2v) is 3.17. The molecule has 0 radical (unpaired) electrons. The van der Waals surface area contributed by atoms with Crippen molar-refractivity contribution in [3.8, 4) is 5.75 Å². The summed E-state index contributed by atoms with van der Waals surface area (Å²) >= 11 is 0. The van der Waals surface area contributed by atoms with Crippen molar-refractivity contribution < 1.29 is 14.3 Å². The Kier molecular flexibility index (Phi) is 2.74. The van der Waals surface area contributed by atoms with E-state index in [0.717, 1.165) is 5.75 Å². The molecule has 3 nitrogen and oxygen atoms in total. The van der Waals surface area contributed by atoms with E-state index in [1.165, 1.54) is 6.26 Å². The second kappa shape index (κ2) is 4.19. The van der Waals surface area contributed by atoms with Gasteiger partial charge in [0.25, 0.3) is 0 Å². The first-order valence-corrected chi connectivity index (χ1v) is 4.64. The Morgan fingerprint density at radius 2 is 1.93 bits per heavy atom. The molecule has 0 fully saturated rings. The van der Waals surface area contributed by atoms with E-state index in [9.17, 15) is 5.11 Å². The van der Waals surface area contributed by atoms with Gasteiger partial charge in [0.15, 0.2) is 0 Å². The molecule has 0 N–H and O–H groups in total. The van der Waals surface area contributed by atoms with Crippen LogP contribution in [0.4, 0.5) is 0 Å². The lowest BCUT2D eigenvalue weighted by atomic mass is 10.1. The van der Waals surface area contributed by atoms with Crippen LogP contribution in [0, 0.1) is 0 Å². The zero-order valence-electron chi connectivity index (χ0n) is 8.34. The van der Waals surface area contributed by atoms with Crippen molar-refractivity contribution in [1.29, 1.82) is 0 Å². The second-order valence-electron chi connectivity index (χ2n) is 3.17. The van der Waals surface area contributed by atoms with Crippen molar-refractivity contribution in [3.05, 3.63) is 54.0 Å². The maximum atomic E-state index is 11.9. The first-order valence-electron chi connectivity index (χ1n) is 4.64. The van der Waals surface area contributed by atoms with E-state index in [-0.39, 0.29) is 0 Å². The summed E-state index contributed by atoms with van der Waals surface area (Å²) in [7, 11) is 1.59. The molecule has 1 heterocycles. The van der Waals surface area contributed by atoms with Crippen LogP contribution in [0.1, 0.15) is 17.4 Å². The average molecular weight is 203 g/mol. The number of benzene rings is 1. The Balaban J connectivity index is 2.22. The van der Waals surface area contributed by atoms with Gasteiger partial charge in [-0.15, -0.1) is 0 Å². The summed E-state index contributed by atoms with van der Waals surface area (Å²) in [6.07, 6.45) is 0.537. The topological polar surface area (TPSA) is 45.4 Å². The Bertz CT molecular complexity index is 403. The molecule has 1 aromatic heterocycles. The first kappa shape index (κ1) is 9.80. The van der Waals surface area contributed by atoms with Gasteiger partial charge >= 0.3 is 0 Å². The van der Waals surface area contributed by atoms with E-state index in [2.05, 4.69) is 0 Å². The third-order valence-corrected chi connectivity index (χ3v) is 2.22. The number of rotatable bonds is 3. The largest absolute Gasteiger partial charge is 0.843 e. The number of hydrogen-bond acceptors (Lipinski definition) is 3. The summed E-state index contributed by atoms with van der Waals surface area (Å²) in [6.45, 7) is 0. The fraction of sp³-hybridized carbons (Fsp3) is 0.167. The van der Waals surface area contributed by atoms with Crippen LogP contribution in [0.5, 0.6) is 5.75 Å². The number of furan rings is 1. The van der Waals surface area contributed by atoms with Gasteiger partial charge < -0.3 is 14.3 Å². The van der Waals surface area contributed by atoms with Gasteiger partial charge in [-0.3, -0.25) is 0 Å². The number of methoxy groups -OCH3 is 1. The molecule has 3 heteroatoms. The van der Waals surface area contributed by atoms with E-state index in [0.29, 0.717) is 11.3 Å². The van der Waals surface area contributed by atoms with Gasteiger partial charge in [0.1, 0.15) is 5.75 Å². The van der Waals surface area contributed by atoms with Crippen molar-refractivity contribution in [2.24, 2.45) is 0 Å². The molecule has 0 aliphatic carbocycles. The highest BCUT2D eigenvalue weighted by Gasteiger charge is 2.04. The van der Waals surface area contributed by atoms with Gasteiger partial charge in [0.05, 0.1) is 19.1 Å². The van der Waals surface area contributed by atoms with Crippen molar-refractivity contribution in [3.63, 3.8) is 0 Å². The fourth-order valence-electron chi connectivity index (χ4n) is 1.38. The van der Waals surface area contributed by atoms with Gasteiger partial charge in [-0.2, -0.15) is 0 Å². The molecular weight excluding hydrogens is 192 g/mol. The zero-order chi connectivity index (χ0) is 10.7. The van der Waals surface area contributed by atoms with Gasteiger partial charge in [-0.05, 0) is 30.4 Å². The maximum absolute atomic E-state index is 11.9. The van der Waals surface area contributed by atoms with Crippen LogP contribution in [-0.2, 0) is 0 Å². The molecular formula is C12H11O3-. The molecule has 0 saturated heterocycles. The highest BCUT2D eigenvalue weighted by atomic mass is 16.5. The Morgan fingerprint density at radius 3 is 2.47 bits per heavy atom. The van der Waals surface area contributed by atoms with E-state index in [1.807, 2.05) is 0 Å². The number of hydrogen-bond donors (Lipinski definition) is 0. The number of ether oxygens (including phenoxy) is 1. The summed E-state index contributed by atoms with van der Waals surface area (Å²) in [6, 6.07) is 10.4. The molecule has 2 aromatic rings. The molecule has 0 amide bonds. The molecule has 0 spiro atoms. The Hall–Kier alpha value is -1.74. The van der Waals surface area contributed by atoms with Crippen molar-refractivity contribution >= 4 is 0 Å². The van der Waals surface area contributed by atoms with Crippen LogP contribution >= 0.6 is 0 Å². The molecule has 2 rings (SSSR count). The normalized spacial score (nSPS) is 12.4. The summed E-state index contributed by atoms with van der Waals surface area (Å²) in [4.78, 5) is 0. The molecule has 1 aromatic carbocycles. The fourth-order valence-corrected chi connectivity index (χ4v) is 1.38. The standard InChI is InChI=1S/C12H11O3/c1-14-10-6-4-9(5-7-10)12(13)11-3-2-8-15-11/h2-8,12H,1H3/q-1.